The van der Waals surface area contributed by atoms with Crippen LogP contribution in [0.4, 0.5) is 22.0 Å². The number of rotatable bonds is 1. The highest BCUT2D eigenvalue weighted by molar-refractivity contribution is 5.67. The van der Waals surface area contributed by atoms with Gasteiger partial charge in [0.1, 0.15) is 0 Å². The van der Waals surface area contributed by atoms with Crippen LogP contribution in [0.15, 0.2) is 6.08 Å². The first-order valence-electron chi connectivity index (χ1n) is 5.25. The van der Waals surface area contributed by atoms with Gasteiger partial charge < -0.3 is 0 Å². The van der Waals surface area contributed by atoms with Crippen molar-refractivity contribution in [3.05, 3.63) is 40.7 Å². The molecule has 0 saturated heterocycles. The molecule has 17 heavy (non-hydrogen) atoms. The lowest BCUT2D eigenvalue weighted by Crippen LogP contribution is -2.07. The molecule has 0 nitrogen and oxygen atoms in total. The average Bonchev–Trinajstić information content (AvgIpc) is 2.36. The molecular weight excluding hydrogens is 239 g/mol. The minimum atomic E-state index is -2.11. The van der Waals surface area contributed by atoms with Gasteiger partial charge in [-0.05, 0) is 31.3 Å². The Morgan fingerprint density at radius 1 is 0.706 bits per heavy atom. The predicted molar refractivity (Wildman–Crippen MR) is 52.7 cm³/mol. The van der Waals surface area contributed by atoms with Crippen molar-refractivity contribution in [3.8, 4) is 0 Å². The number of hydrogen-bond acceptors (Lipinski definition) is 0. The fraction of sp³-hybridized carbons (Fsp3) is 0.333. The Morgan fingerprint density at radius 2 is 1.24 bits per heavy atom. The average molecular weight is 248 g/mol. The third-order valence-electron chi connectivity index (χ3n) is 2.82. The molecule has 0 atom stereocenters. The molecule has 0 spiro atoms. The largest absolute Gasteiger partial charge is 0.203 e. The summed E-state index contributed by atoms with van der Waals surface area (Å²) in [5.74, 6) is -9.36. The van der Waals surface area contributed by atoms with Crippen LogP contribution in [0.3, 0.4) is 0 Å². The molecule has 92 valence electrons. The molecule has 0 aromatic heterocycles. The molecule has 0 unspecified atom stereocenters. The first kappa shape index (κ1) is 12.1. The number of allylic oxidation sites excluding steroid dienone is 2. The van der Waals surface area contributed by atoms with Crippen LogP contribution in [0.5, 0.6) is 0 Å². The lowest BCUT2D eigenvalue weighted by atomic mass is 9.92. The second-order valence-corrected chi connectivity index (χ2v) is 3.92. The van der Waals surface area contributed by atoms with Gasteiger partial charge in [-0.25, -0.2) is 22.0 Å². The van der Waals surface area contributed by atoms with Gasteiger partial charge in [0.15, 0.2) is 23.3 Å². The van der Waals surface area contributed by atoms with E-state index in [0.717, 1.165) is 6.42 Å². The van der Waals surface area contributed by atoms with Crippen LogP contribution < -0.4 is 0 Å². The van der Waals surface area contributed by atoms with Gasteiger partial charge in [-0.15, -0.1) is 0 Å². The smallest absolute Gasteiger partial charge is 0.200 e. The molecule has 0 saturated carbocycles. The molecule has 1 aromatic carbocycles. The molecule has 0 radical (unpaired) electrons. The third-order valence-corrected chi connectivity index (χ3v) is 2.82. The normalized spacial score (nSPS) is 15.9. The molecule has 1 aliphatic carbocycles. The van der Waals surface area contributed by atoms with Crippen LogP contribution in [-0.4, -0.2) is 0 Å². The summed E-state index contributed by atoms with van der Waals surface area (Å²) in [5.41, 5.74) is -0.579. The van der Waals surface area contributed by atoms with Crippen molar-refractivity contribution in [2.24, 2.45) is 0 Å². The predicted octanol–water partition coefficient (Wildman–Crippen LogP) is 4.34. The van der Waals surface area contributed by atoms with Crippen molar-refractivity contribution >= 4 is 5.57 Å². The van der Waals surface area contributed by atoms with Crippen molar-refractivity contribution in [1.82, 2.24) is 0 Å². The lowest BCUT2D eigenvalue weighted by molar-refractivity contribution is 0.375. The van der Waals surface area contributed by atoms with Gasteiger partial charge >= 0.3 is 0 Å². The van der Waals surface area contributed by atoms with Crippen molar-refractivity contribution in [2.75, 3.05) is 0 Å². The van der Waals surface area contributed by atoms with Gasteiger partial charge in [-0.2, -0.15) is 0 Å². The minimum Gasteiger partial charge on any atom is -0.203 e. The summed E-state index contributed by atoms with van der Waals surface area (Å²) >= 11 is 0. The highest BCUT2D eigenvalue weighted by Gasteiger charge is 2.27. The summed E-state index contributed by atoms with van der Waals surface area (Å²) in [6.07, 6.45) is 4.00. The molecule has 0 N–H and O–H groups in total. The fourth-order valence-corrected chi connectivity index (χ4v) is 1.95. The van der Waals surface area contributed by atoms with E-state index in [0.29, 0.717) is 19.3 Å². The third kappa shape index (κ3) is 1.94. The van der Waals surface area contributed by atoms with Gasteiger partial charge in [0.25, 0.3) is 0 Å². The van der Waals surface area contributed by atoms with E-state index in [1.54, 1.807) is 0 Å². The fourth-order valence-electron chi connectivity index (χ4n) is 1.95. The van der Waals surface area contributed by atoms with E-state index >= 15 is 0 Å². The van der Waals surface area contributed by atoms with E-state index in [2.05, 4.69) is 0 Å². The van der Waals surface area contributed by atoms with Crippen LogP contribution in [0.25, 0.3) is 5.57 Å². The molecule has 0 amide bonds. The second kappa shape index (κ2) is 4.47. The lowest BCUT2D eigenvalue weighted by Gasteiger charge is -2.15. The Kier molecular flexibility index (Phi) is 3.17. The van der Waals surface area contributed by atoms with E-state index in [1.807, 2.05) is 0 Å². The second-order valence-electron chi connectivity index (χ2n) is 3.92. The van der Waals surface area contributed by atoms with E-state index in [9.17, 15) is 22.0 Å². The quantitative estimate of drug-likeness (QED) is 0.394. The maximum atomic E-state index is 13.4. The zero-order valence-corrected chi connectivity index (χ0v) is 8.80. The van der Waals surface area contributed by atoms with Crippen molar-refractivity contribution < 1.29 is 22.0 Å². The first-order chi connectivity index (χ1) is 8.04. The molecule has 0 bridgehead atoms. The zero-order valence-electron chi connectivity index (χ0n) is 8.80. The molecule has 1 aromatic rings. The summed E-state index contributed by atoms with van der Waals surface area (Å²) in [6.45, 7) is 0. The summed E-state index contributed by atoms with van der Waals surface area (Å²) in [4.78, 5) is 0. The molecule has 5 heteroatoms. The van der Waals surface area contributed by atoms with Gasteiger partial charge in [0, 0.05) is 0 Å². The van der Waals surface area contributed by atoms with Gasteiger partial charge in [0.05, 0.1) is 5.56 Å². The number of halogens is 5. The standard InChI is InChI=1S/C12H9F5/c13-8-7(6-4-2-1-3-5-6)9(14)11(16)12(17)10(8)15/h4H,1-3,5H2. The maximum absolute atomic E-state index is 13.4. The summed E-state index contributed by atoms with van der Waals surface area (Å²) < 4.78 is 65.6. The van der Waals surface area contributed by atoms with Crippen LogP contribution in [0, 0.1) is 29.1 Å². The molecule has 1 aliphatic rings. The molecule has 0 heterocycles. The number of hydrogen-bond donors (Lipinski definition) is 0. The monoisotopic (exact) mass is 248 g/mol. The topological polar surface area (TPSA) is 0 Å². The van der Waals surface area contributed by atoms with Gasteiger partial charge in [0.2, 0.25) is 5.82 Å². The molecule has 0 fully saturated rings. The SMILES string of the molecule is Fc1c(F)c(F)c(C2=CCCCC2)c(F)c1F. The van der Waals surface area contributed by atoms with E-state index in [4.69, 9.17) is 0 Å². The van der Waals surface area contributed by atoms with E-state index < -0.39 is 34.6 Å². The Labute approximate surface area is 94.8 Å². The summed E-state index contributed by atoms with van der Waals surface area (Å²) in [6, 6.07) is 0. The Hall–Kier alpha value is -1.39. The highest BCUT2D eigenvalue weighted by Crippen LogP contribution is 2.33. The highest BCUT2D eigenvalue weighted by atomic mass is 19.2. The minimum absolute atomic E-state index is 0.198. The zero-order chi connectivity index (χ0) is 12.6. The number of benzene rings is 1. The Bertz CT molecular complexity index is 461. The van der Waals surface area contributed by atoms with E-state index in [1.165, 1.54) is 6.08 Å². The van der Waals surface area contributed by atoms with Crippen LogP contribution in [0.1, 0.15) is 31.2 Å². The maximum Gasteiger partial charge on any atom is 0.200 e. The van der Waals surface area contributed by atoms with Gasteiger partial charge in [-0.1, -0.05) is 6.08 Å². The van der Waals surface area contributed by atoms with Gasteiger partial charge in [-0.3, -0.25) is 0 Å². The Morgan fingerprint density at radius 3 is 1.71 bits per heavy atom. The van der Waals surface area contributed by atoms with Crippen LogP contribution in [-0.2, 0) is 0 Å². The van der Waals surface area contributed by atoms with Crippen molar-refractivity contribution in [1.29, 1.82) is 0 Å². The summed E-state index contributed by atoms with van der Waals surface area (Å²) in [7, 11) is 0. The molecule has 2 rings (SSSR count). The first-order valence-corrected chi connectivity index (χ1v) is 5.25. The van der Waals surface area contributed by atoms with E-state index in [-0.39, 0.29) is 5.57 Å². The van der Waals surface area contributed by atoms with Crippen LogP contribution >= 0.6 is 0 Å². The Balaban J connectivity index is 2.65. The molecule has 0 aliphatic heterocycles. The van der Waals surface area contributed by atoms with Crippen molar-refractivity contribution in [2.45, 2.75) is 25.7 Å². The summed E-state index contributed by atoms with van der Waals surface area (Å²) in [5, 5.41) is 0. The molecular formula is C12H9F5. The van der Waals surface area contributed by atoms with Crippen LogP contribution in [0.2, 0.25) is 0 Å². The van der Waals surface area contributed by atoms with Crippen molar-refractivity contribution in [3.63, 3.8) is 0 Å².